The van der Waals surface area contributed by atoms with Crippen molar-refractivity contribution in [2.24, 2.45) is 29.1 Å². The van der Waals surface area contributed by atoms with Crippen molar-refractivity contribution in [3.8, 4) is 0 Å². The molecule has 0 aromatic heterocycles. The largest absolute Gasteiger partial charge is 0.393 e. The summed E-state index contributed by atoms with van der Waals surface area (Å²) in [5, 5.41) is 20.3. The number of aliphatic hydroxyl groups excluding tert-OH is 1. The maximum atomic E-state index is 10.3. The Kier molecular flexibility index (Phi) is 7.19. The first-order valence-corrected chi connectivity index (χ1v) is 12.2. The molecule has 0 unspecified atom stereocenters. The lowest BCUT2D eigenvalue weighted by molar-refractivity contribution is 0.0436. The Morgan fingerprint density at radius 2 is 1.83 bits per heavy atom. The minimum atomic E-state index is -0.663. The molecule has 0 amide bonds. The van der Waals surface area contributed by atoms with Gasteiger partial charge >= 0.3 is 0 Å². The summed E-state index contributed by atoms with van der Waals surface area (Å²) >= 11 is 0. The molecule has 0 bridgehead atoms. The topological polar surface area (TPSA) is 40.5 Å². The third-order valence-electron chi connectivity index (χ3n) is 8.68. The SMILES string of the molecule is C=C1CC[C@H](O)C/C1=C\C=C1\CCC[C@]2(C)[C@@H]([C@H](C)C=C[C@H](C)C(C)(C)O)CC[C@@H]12. The molecule has 0 aromatic rings. The Balaban J connectivity index is 1.75. The first kappa shape index (κ1) is 23.5. The second kappa shape index (κ2) is 9.17. The fourth-order valence-corrected chi connectivity index (χ4v) is 6.25. The summed E-state index contributed by atoms with van der Waals surface area (Å²) in [6.07, 6.45) is 18.0. The summed E-state index contributed by atoms with van der Waals surface area (Å²) in [5.74, 6) is 2.08. The normalized spacial score (nSPS) is 37.7. The average Bonchev–Trinajstić information content (AvgIpc) is 3.03. The minimum absolute atomic E-state index is 0.164. The van der Waals surface area contributed by atoms with E-state index in [9.17, 15) is 10.2 Å². The number of hydrogen-bond donors (Lipinski definition) is 2. The lowest BCUT2D eigenvalue weighted by Crippen LogP contribution is -2.35. The fourth-order valence-electron chi connectivity index (χ4n) is 6.25. The van der Waals surface area contributed by atoms with Gasteiger partial charge in [0.15, 0.2) is 0 Å². The van der Waals surface area contributed by atoms with Gasteiger partial charge in [0.2, 0.25) is 0 Å². The zero-order valence-corrected chi connectivity index (χ0v) is 20.0. The van der Waals surface area contributed by atoms with Crippen molar-refractivity contribution < 1.29 is 10.2 Å². The summed E-state index contributed by atoms with van der Waals surface area (Å²) in [7, 11) is 0. The maximum Gasteiger partial charge on any atom is 0.0651 e. The van der Waals surface area contributed by atoms with Crippen LogP contribution in [-0.4, -0.2) is 21.9 Å². The molecule has 3 aliphatic carbocycles. The van der Waals surface area contributed by atoms with Gasteiger partial charge in [-0.2, -0.15) is 0 Å². The van der Waals surface area contributed by atoms with Gasteiger partial charge in [0.05, 0.1) is 11.7 Å². The van der Waals surface area contributed by atoms with Crippen LogP contribution in [0.15, 0.2) is 47.6 Å². The number of hydrogen-bond acceptors (Lipinski definition) is 2. The van der Waals surface area contributed by atoms with Crippen molar-refractivity contribution in [2.45, 2.75) is 97.7 Å². The van der Waals surface area contributed by atoms with E-state index in [0.717, 1.165) is 19.3 Å². The third kappa shape index (κ3) is 5.02. The van der Waals surface area contributed by atoms with Crippen molar-refractivity contribution in [2.75, 3.05) is 0 Å². The van der Waals surface area contributed by atoms with E-state index < -0.39 is 5.60 Å². The van der Waals surface area contributed by atoms with Crippen LogP contribution < -0.4 is 0 Å². The Hall–Kier alpha value is -1.12. The molecule has 2 heteroatoms. The van der Waals surface area contributed by atoms with Gasteiger partial charge in [-0.1, -0.05) is 62.8 Å². The summed E-state index contributed by atoms with van der Waals surface area (Å²) in [5.41, 5.74) is 3.78. The monoisotopic (exact) mass is 412 g/mol. The second-order valence-electron chi connectivity index (χ2n) is 11.2. The molecular formula is C28H44O2. The maximum absolute atomic E-state index is 10.3. The second-order valence-corrected chi connectivity index (χ2v) is 11.2. The Bertz CT molecular complexity index is 719. The predicted octanol–water partition coefficient (Wildman–Crippen LogP) is 6.76. The van der Waals surface area contributed by atoms with Crippen LogP contribution in [0.1, 0.15) is 86.0 Å². The van der Waals surface area contributed by atoms with Crippen molar-refractivity contribution in [3.05, 3.63) is 47.6 Å². The molecule has 6 atom stereocenters. The number of rotatable bonds is 5. The number of allylic oxidation sites excluding steroid dienone is 5. The van der Waals surface area contributed by atoms with Crippen LogP contribution in [0.3, 0.4) is 0 Å². The molecule has 0 radical (unpaired) electrons. The zero-order valence-electron chi connectivity index (χ0n) is 20.0. The van der Waals surface area contributed by atoms with Crippen LogP contribution in [0.2, 0.25) is 0 Å². The number of fused-ring (bicyclic) bond motifs is 1. The lowest BCUT2D eigenvalue weighted by atomic mass is 9.61. The smallest absolute Gasteiger partial charge is 0.0651 e. The molecule has 168 valence electrons. The standard InChI is InChI=1S/C28H44O2/c1-19-10-14-24(29)18-23(19)13-12-22-8-7-17-28(6)25(15-16-26(22)28)20(2)9-11-21(3)27(4,5)30/h9,11-13,20-21,24-26,29-30H,1,7-8,10,14-18H2,2-6H3/b11-9?,22-12-,23-13+/t20-,21+,24+,25-,26+,28-/m1/s1. The van der Waals surface area contributed by atoms with Gasteiger partial charge in [0.1, 0.15) is 0 Å². The highest BCUT2D eigenvalue weighted by Crippen LogP contribution is 2.59. The highest BCUT2D eigenvalue weighted by Gasteiger charge is 2.50. The molecule has 0 saturated heterocycles. The van der Waals surface area contributed by atoms with Crippen molar-refractivity contribution in [1.82, 2.24) is 0 Å². The molecule has 2 N–H and O–H groups in total. The average molecular weight is 413 g/mol. The van der Waals surface area contributed by atoms with Gasteiger partial charge in [0.25, 0.3) is 0 Å². The molecule has 3 aliphatic rings. The molecule has 0 aliphatic heterocycles. The Morgan fingerprint density at radius 3 is 2.53 bits per heavy atom. The summed E-state index contributed by atoms with van der Waals surface area (Å²) in [6.45, 7) is 15.0. The van der Waals surface area contributed by atoms with E-state index in [1.807, 2.05) is 13.8 Å². The van der Waals surface area contributed by atoms with Crippen LogP contribution in [0.25, 0.3) is 0 Å². The van der Waals surface area contributed by atoms with Gasteiger partial charge in [-0.3, -0.25) is 0 Å². The van der Waals surface area contributed by atoms with Crippen LogP contribution >= 0.6 is 0 Å². The quantitative estimate of drug-likeness (QED) is 0.490. The van der Waals surface area contributed by atoms with Crippen molar-refractivity contribution >= 4 is 0 Å². The van der Waals surface area contributed by atoms with Crippen LogP contribution in [-0.2, 0) is 0 Å². The highest BCUT2D eigenvalue weighted by atomic mass is 16.3. The summed E-state index contributed by atoms with van der Waals surface area (Å²) < 4.78 is 0. The molecule has 3 rings (SSSR count). The molecule has 0 spiro atoms. The highest BCUT2D eigenvalue weighted by molar-refractivity contribution is 5.36. The van der Waals surface area contributed by atoms with E-state index in [0.29, 0.717) is 23.2 Å². The van der Waals surface area contributed by atoms with Crippen molar-refractivity contribution in [3.63, 3.8) is 0 Å². The van der Waals surface area contributed by atoms with E-state index in [1.165, 1.54) is 43.3 Å². The van der Waals surface area contributed by atoms with Gasteiger partial charge in [-0.05, 0) is 94.0 Å². The van der Waals surface area contributed by atoms with E-state index in [-0.39, 0.29) is 12.0 Å². The lowest BCUT2D eigenvalue weighted by Gasteiger charge is -2.44. The van der Waals surface area contributed by atoms with Gasteiger partial charge < -0.3 is 10.2 Å². The summed E-state index contributed by atoms with van der Waals surface area (Å²) in [6, 6.07) is 0. The first-order valence-electron chi connectivity index (χ1n) is 12.2. The third-order valence-corrected chi connectivity index (χ3v) is 8.68. The molecule has 3 fully saturated rings. The van der Waals surface area contributed by atoms with Crippen LogP contribution in [0.4, 0.5) is 0 Å². The van der Waals surface area contributed by atoms with E-state index >= 15 is 0 Å². The molecule has 0 heterocycles. The van der Waals surface area contributed by atoms with Crippen LogP contribution in [0.5, 0.6) is 0 Å². The molecule has 30 heavy (non-hydrogen) atoms. The van der Waals surface area contributed by atoms with E-state index in [1.54, 1.807) is 5.57 Å². The van der Waals surface area contributed by atoms with Gasteiger partial charge in [-0.25, -0.2) is 0 Å². The molecule has 3 saturated carbocycles. The van der Waals surface area contributed by atoms with E-state index in [2.05, 4.69) is 51.7 Å². The van der Waals surface area contributed by atoms with Gasteiger partial charge in [-0.15, -0.1) is 0 Å². The summed E-state index contributed by atoms with van der Waals surface area (Å²) in [4.78, 5) is 0. The molecule has 2 nitrogen and oxygen atoms in total. The predicted molar refractivity (Wildman–Crippen MR) is 127 cm³/mol. The van der Waals surface area contributed by atoms with Crippen LogP contribution in [0, 0.1) is 29.1 Å². The molecule has 0 aromatic carbocycles. The Morgan fingerprint density at radius 1 is 1.10 bits per heavy atom. The first-order chi connectivity index (χ1) is 14.0. The molecular weight excluding hydrogens is 368 g/mol. The Labute approximate surface area is 184 Å². The number of aliphatic hydroxyl groups is 2. The van der Waals surface area contributed by atoms with Crippen molar-refractivity contribution in [1.29, 1.82) is 0 Å². The fraction of sp³-hybridized carbons (Fsp3) is 0.714. The zero-order chi connectivity index (χ0) is 22.1. The van der Waals surface area contributed by atoms with Gasteiger partial charge in [0, 0.05) is 5.92 Å². The van der Waals surface area contributed by atoms with E-state index in [4.69, 9.17) is 0 Å². The minimum Gasteiger partial charge on any atom is -0.393 e.